The Hall–Kier alpha value is -2.46. The second-order valence-corrected chi connectivity index (χ2v) is 8.23. The predicted octanol–water partition coefficient (Wildman–Crippen LogP) is 4.14. The van der Waals surface area contributed by atoms with E-state index in [0.29, 0.717) is 0 Å². The van der Waals surface area contributed by atoms with Gasteiger partial charge in [0.1, 0.15) is 5.82 Å². The standard InChI is InChI=1S/C24H28N4/c1-18-14-24(26-23-16-20-7-4-6-19(20)15-22(18)23)28-11-5-10-27(12-13-28)17-21-8-2-3-9-25-21/h2-3,8-9,14-16H,4-7,10-13,17H2,1H3. The highest BCUT2D eigenvalue weighted by molar-refractivity contribution is 5.85. The molecule has 0 saturated carbocycles. The number of nitrogens with zero attached hydrogens (tertiary/aromatic N) is 4. The van der Waals surface area contributed by atoms with Gasteiger partial charge in [0.25, 0.3) is 0 Å². The van der Waals surface area contributed by atoms with E-state index in [4.69, 9.17) is 4.98 Å². The minimum Gasteiger partial charge on any atom is -0.355 e. The van der Waals surface area contributed by atoms with Crippen LogP contribution in [-0.4, -0.2) is 41.0 Å². The Labute approximate surface area is 167 Å². The molecule has 1 aliphatic heterocycles. The maximum atomic E-state index is 5.08. The molecule has 2 aromatic heterocycles. The number of aryl methyl sites for hydroxylation is 3. The summed E-state index contributed by atoms with van der Waals surface area (Å²) in [6, 6.07) is 13.2. The van der Waals surface area contributed by atoms with Crippen LogP contribution < -0.4 is 4.90 Å². The van der Waals surface area contributed by atoms with Crippen LogP contribution in [0.25, 0.3) is 10.9 Å². The van der Waals surface area contributed by atoms with Gasteiger partial charge in [-0.1, -0.05) is 6.07 Å². The third-order valence-corrected chi connectivity index (χ3v) is 6.24. The van der Waals surface area contributed by atoms with Crippen molar-refractivity contribution in [2.75, 3.05) is 31.1 Å². The lowest BCUT2D eigenvalue weighted by Gasteiger charge is -2.23. The van der Waals surface area contributed by atoms with Crippen LogP contribution in [0.2, 0.25) is 0 Å². The van der Waals surface area contributed by atoms with Gasteiger partial charge in [-0.2, -0.15) is 0 Å². The van der Waals surface area contributed by atoms with Crippen LogP contribution in [0.1, 0.15) is 35.2 Å². The van der Waals surface area contributed by atoms with Gasteiger partial charge in [0, 0.05) is 44.3 Å². The van der Waals surface area contributed by atoms with E-state index in [0.717, 1.165) is 50.7 Å². The third kappa shape index (κ3) is 3.49. The lowest BCUT2D eigenvalue weighted by molar-refractivity contribution is 0.282. The van der Waals surface area contributed by atoms with E-state index in [1.54, 1.807) is 0 Å². The smallest absolute Gasteiger partial charge is 0.129 e. The molecule has 0 N–H and O–H groups in total. The third-order valence-electron chi connectivity index (χ3n) is 6.24. The Balaban J connectivity index is 1.36. The average molecular weight is 373 g/mol. The normalized spacial score (nSPS) is 17.7. The van der Waals surface area contributed by atoms with E-state index < -0.39 is 0 Å². The average Bonchev–Trinajstić information content (AvgIpc) is 3.04. The first-order valence-electron chi connectivity index (χ1n) is 10.6. The fourth-order valence-electron chi connectivity index (χ4n) is 4.69. The first kappa shape index (κ1) is 17.6. The Morgan fingerprint density at radius 2 is 1.82 bits per heavy atom. The summed E-state index contributed by atoms with van der Waals surface area (Å²) in [7, 11) is 0. The van der Waals surface area contributed by atoms with Crippen LogP contribution in [0, 0.1) is 6.92 Å². The summed E-state index contributed by atoms with van der Waals surface area (Å²) in [5.41, 5.74) is 6.72. The highest BCUT2D eigenvalue weighted by Gasteiger charge is 2.19. The fraction of sp³-hybridized carbons (Fsp3) is 0.417. The van der Waals surface area contributed by atoms with Crippen molar-refractivity contribution in [2.24, 2.45) is 0 Å². The molecule has 1 saturated heterocycles. The summed E-state index contributed by atoms with van der Waals surface area (Å²) in [4.78, 5) is 14.6. The van der Waals surface area contributed by atoms with Gasteiger partial charge in [-0.05, 0) is 79.6 Å². The largest absolute Gasteiger partial charge is 0.355 e. The minimum absolute atomic E-state index is 0.936. The summed E-state index contributed by atoms with van der Waals surface area (Å²) in [6.45, 7) is 7.44. The van der Waals surface area contributed by atoms with E-state index >= 15 is 0 Å². The van der Waals surface area contributed by atoms with Crippen molar-refractivity contribution < 1.29 is 0 Å². The first-order valence-corrected chi connectivity index (χ1v) is 10.6. The zero-order chi connectivity index (χ0) is 18.9. The van der Waals surface area contributed by atoms with Crippen molar-refractivity contribution in [3.63, 3.8) is 0 Å². The van der Waals surface area contributed by atoms with Crippen molar-refractivity contribution in [3.05, 3.63) is 65.0 Å². The van der Waals surface area contributed by atoms with Crippen molar-refractivity contribution in [1.29, 1.82) is 0 Å². The molecule has 0 spiro atoms. The number of benzene rings is 1. The van der Waals surface area contributed by atoms with Gasteiger partial charge in [-0.3, -0.25) is 9.88 Å². The molecule has 4 nitrogen and oxygen atoms in total. The number of hydrogen-bond donors (Lipinski definition) is 0. The zero-order valence-corrected chi connectivity index (χ0v) is 16.7. The van der Waals surface area contributed by atoms with Gasteiger partial charge in [-0.15, -0.1) is 0 Å². The van der Waals surface area contributed by atoms with Crippen LogP contribution in [0.5, 0.6) is 0 Å². The quantitative estimate of drug-likeness (QED) is 0.692. The lowest BCUT2D eigenvalue weighted by atomic mass is 10.0. The monoisotopic (exact) mass is 372 g/mol. The van der Waals surface area contributed by atoms with Gasteiger partial charge in [-0.25, -0.2) is 4.98 Å². The topological polar surface area (TPSA) is 32.3 Å². The second-order valence-electron chi connectivity index (χ2n) is 8.23. The molecule has 0 radical (unpaired) electrons. The molecular weight excluding hydrogens is 344 g/mol. The summed E-state index contributed by atoms with van der Waals surface area (Å²) >= 11 is 0. The Bertz CT molecular complexity index is 983. The number of aromatic nitrogens is 2. The summed E-state index contributed by atoms with van der Waals surface area (Å²) in [6.07, 6.45) is 6.77. The number of rotatable bonds is 3. The van der Waals surface area contributed by atoms with Gasteiger partial charge in [0.2, 0.25) is 0 Å². The molecule has 0 atom stereocenters. The number of hydrogen-bond acceptors (Lipinski definition) is 4. The van der Waals surface area contributed by atoms with Crippen molar-refractivity contribution in [3.8, 4) is 0 Å². The minimum atomic E-state index is 0.936. The van der Waals surface area contributed by atoms with Crippen LogP contribution in [0.15, 0.2) is 42.6 Å². The zero-order valence-electron chi connectivity index (χ0n) is 16.7. The SMILES string of the molecule is Cc1cc(N2CCCN(Cc3ccccn3)CC2)nc2cc3c(cc12)CCC3. The molecule has 3 heterocycles. The number of fused-ring (bicyclic) bond motifs is 2. The van der Waals surface area contributed by atoms with E-state index in [9.17, 15) is 0 Å². The van der Waals surface area contributed by atoms with Crippen LogP contribution in [0.3, 0.4) is 0 Å². The van der Waals surface area contributed by atoms with E-state index in [-0.39, 0.29) is 0 Å². The van der Waals surface area contributed by atoms with Crippen molar-refractivity contribution in [1.82, 2.24) is 14.9 Å². The molecule has 28 heavy (non-hydrogen) atoms. The maximum absolute atomic E-state index is 5.08. The molecule has 2 aliphatic rings. The van der Waals surface area contributed by atoms with E-state index in [1.165, 1.54) is 46.9 Å². The summed E-state index contributed by atoms with van der Waals surface area (Å²) in [5.74, 6) is 1.14. The molecule has 0 unspecified atom stereocenters. The van der Waals surface area contributed by atoms with Gasteiger partial charge in [0.15, 0.2) is 0 Å². The Morgan fingerprint density at radius 3 is 2.68 bits per heavy atom. The summed E-state index contributed by atoms with van der Waals surface area (Å²) < 4.78 is 0. The molecule has 0 bridgehead atoms. The van der Waals surface area contributed by atoms with Crippen LogP contribution in [0.4, 0.5) is 5.82 Å². The van der Waals surface area contributed by atoms with Gasteiger partial charge >= 0.3 is 0 Å². The van der Waals surface area contributed by atoms with Crippen LogP contribution in [-0.2, 0) is 19.4 Å². The first-order chi connectivity index (χ1) is 13.8. The van der Waals surface area contributed by atoms with Gasteiger partial charge in [0.05, 0.1) is 11.2 Å². The number of anilines is 1. The lowest BCUT2D eigenvalue weighted by Crippen LogP contribution is -2.31. The highest BCUT2D eigenvalue weighted by atomic mass is 15.2. The van der Waals surface area contributed by atoms with Crippen molar-refractivity contribution >= 4 is 16.7 Å². The molecule has 1 aliphatic carbocycles. The second kappa shape index (κ2) is 7.51. The predicted molar refractivity (Wildman–Crippen MR) is 115 cm³/mol. The highest BCUT2D eigenvalue weighted by Crippen LogP contribution is 2.30. The molecular formula is C24H28N4. The maximum Gasteiger partial charge on any atom is 0.129 e. The molecule has 1 aromatic carbocycles. The molecule has 0 amide bonds. The van der Waals surface area contributed by atoms with E-state index in [2.05, 4.69) is 52.0 Å². The Kier molecular flexibility index (Phi) is 4.73. The molecule has 4 heteroatoms. The Morgan fingerprint density at radius 1 is 0.929 bits per heavy atom. The molecule has 144 valence electrons. The fourth-order valence-corrected chi connectivity index (χ4v) is 4.69. The molecule has 1 fully saturated rings. The number of pyridine rings is 2. The van der Waals surface area contributed by atoms with Gasteiger partial charge < -0.3 is 4.90 Å². The van der Waals surface area contributed by atoms with Crippen LogP contribution >= 0.6 is 0 Å². The van der Waals surface area contributed by atoms with E-state index in [1.807, 2.05) is 12.3 Å². The molecule has 3 aromatic rings. The molecule has 5 rings (SSSR count). The summed E-state index contributed by atoms with van der Waals surface area (Å²) in [5, 5.41) is 1.33. The van der Waals surface area contributed by atoms with Crippen molar-refractivity contribution in [2.45, 2.75) is 39.2 Å².